The van der Waals surface area contributed by atoms with Crippen LogP contribution in [0.4, 0.5) is 11.6 Å². The van der Waals surface area contributed by atoms with E-state index in [4.69, 9.17) is 11.5 Å². The third-order valence-electron chi connectivity index (χ3n) is 3.66. The lowest BCUT2D eigenvalue weighted by atomic mass is 10.2. The zero-order chi connectivity index (χ0) is 15.3. The first-order valence-corrected chi connectivity index (χ1v) is 6.94. The standard InChI is InChI=1S/C15H15N7/c1-7-4-8-5-9(20-15(17)12(8)19-7)6-11-21-10-2-3-18-14(16)13(10)22-11/h2-5,19H,6H2,1H3,(H2,16,18)(H2,17,20)(H,21,22). The number of anilines is 2. The molecule has 0 aromatic carbocycles. The summed E-state index contributed by atoms with van der Waals surface area (Å²) in [7, 11) is 0. The van der Waals surface area contributed by atoms with E-state index in [-0.39, 0.29) is 0 Å². The van der Waals surface area contributed by atoms with E-state index < -0.39 is 0 Å². The molecule has 6 N–H and O–H groups in total. The van der Waals surface area contributed by atoms with Gasteiger partial charge in [0.1, 0.15) is 23.0 Å². The largest absolute Gasteiger partial charge is 0.382 e. The molecule has 0 fully saturated rings. The first-order chi connectivity index (χ1) is 10.6. The van der Waals surface area contributed by atoms with E-state index in [1.165, 1.54) is 0 Å². The Morgan fingerprint density at radius 2 is 1.91 bits per heavy atom. The number of nitrogens with zero attached hydrogens (tertiary/aromatic N) is 3. The number of rotatable bonds is 2. The van der Waals surface area contributed by atoms with E-state index in [0.717, 1.165) is 39.1 Å². The van der Waals surface area contributed by atoms with Gasteiger partial charge in [-0.2, -0.15) is 0 Å². The summed E-state index contributed by atoms with van der Waals surface area (Å²) >= 11 is 0. The molecule has 0 aliphatic rings. The summed E-state index contributed by atoms with van der Waals surface area (Å²) in [6, 6.07) is 5.90. The number of H-pyrrole nitrogens is 2. The Bertz CT molecular complexity index is 996. The summed E-state index contributed by atoms with van der Waals surface area (Å²) in [5.41, 5.74) is 16.2. The SMILES string of the molecule is Cc1cc2cc(Cc3nc4ccnc(N)c4[nH]3)nc(N)c2[nH]1. The van der Waals surface area contributed by atoms with Crippen LogP contribution in [-0.4, -0.2) is 24.9 Å². The average molecular weight is 293 g/mol. The maximum absolute atomic E-state index is 6.02. The van der Waals surface area contributed by atoms with Crippen molar-refractivity contribution in [3.63, 3.8) is 0 Å². The smallest absolute Gasteiger partial charge is 0.149 e. The molecular weight excluding hydrogens is 278 g/mol. The number of hydrogen-bond donors (Lipinski definition) is 4. The number of nitrogens with one attached hydrogen (secondary N) is 2. The van der Waals surface area contributed by atoms with Gasteiger partial charge in [-0.15, -0.1) is 0 Å². The quantitative estimate of drug-likeness (QED) is 0.449. The van der Waals surface area contributed by atoms with E-state index in [0.29, 0.717) is 18.1 Å². The minimum atomic E-state index is 0.445. The molecule has 22 heavy (non-hydrogen) atoms. The normalized spacial score (nSPS) is 11.5. The molecular formula is C15H15N7. The van der Waals surface area contributed by atoms with Crippen LogP contribution < -0.4 is 11.5 Å². The number of nitrogens with two attached hydrogens (primary N) is 2. The van der Waals surface area contributed by atoms with Gasteiger partial charge >= 0.3 is 0 Å². The lowest BCUT2D eigenvalue weighted by molar-refractivity contribution is 0.993. The van der Waals surface area contributed by atoms with E-state index in [1.54, 1.807) is 6.20 Å². The van der Waals surface area contributed by atoms with E-state index in [9.17, 15) is 0 Å². The molecule has 0 aliphatic heterocycles. The number of aryl methyl sites for hydroxylation is 1. The van der Waals surface area contributed by atoms with Gasteiger partial charge in [-0.25, -0.2) is 15.0 Å². The fourth-order valence-electron chi connectivity index (χ4n) is 2.71. The Kier molecular flexibility index (Phi) is 2.56. The topological polar surface area (TPSA) is 122 Å². The van der Waals surface area contributed by atoms with Crippen LogP contribution in [0.5, 0.6) is 0 Å². The zero-order valence-electron chi connectivity index (χ0n) is 12.0. The van der Waals surface area contributed by atoms with Crippen LogP contribution in [0, 0.1) is 6.92 Å². The molecule has 4 heterocycles. The molecule has 4 rings (SSSR count). The molecule has 0 spiro atoms. The molecule has 4 aromatic rings. The Hall–Kier alpha value is -3.09. The fourth-order valence-corrected chi connectivity index (χ4v) is 2.71. The lowest BCUT2D eigenvalue weighted by Gasteiger charge is -2.01. The van der Waals surface area contributed by atoms with Gasteiger partial charge in [0.2, 0.25) is 0 Å². The van der Waals surface area contributed by atoms with Crippen LogP contribution in [0.3, 0.4) is 0 Å². The Balaban J connectivity index is 1.76. The molecule has 0 bridgehead atoms. The Morgan fingerprint density at radius 1 is 1.05 bits per heavy atom. The van der Waals surface area contributed by atoms with Crippen molar-refractivity contribution in [2.24, 2.45) is 0 Å². The van der Waals surface area contributed by atoms with Crippen molar-refractivity contribution in [3.8, 4) is 0 Å². The van der Waals surface area contributed by atoms with Gasteiger partial charge in [-0.3, -0.25) is 0 Å². The van der Waals surface area contributed by atoms with E-state index >= 15 is 0 Å². The van der Waals surface area contributed by atoms with Gasteiger partial charge < -0.3 is 21.4 Å². The zero-order valence-corrected chi connectivity index (χ0v) is 12.0. The highest BCUT2D eigenvalue weighted by atomic mass is 15.0. The molecule has 7 nitrogen and oxygen atoms in total. The highest BCUT2D eigenvalue weighted by Gasteiger charge is 2.10. The molecule has 4 aromatic heterocycles. The van der Waals surface area contributed by atoms with Crippen LogP contribution in [0.1, 0.15) is 17.2 Å². The number of aromatic amines is 2. The van der Waals surface area contributed by atoms with Crippen molar-refractivity contribution in [2.75, 3.05) is 11.5 Å². The summed E-state index contributed by atoms with van der Waals surface area (Å²) in [5, 5.41) is 1.05. The highest BCUT2D eigenvalue weighted by Crippen LogP contribution is 2.23. The molecule has 0 radical (unpaired) electrons. The van der Waals surface area contributed by atoms with Crippen LogP contribution in [0.15, 0.2) is 24.4 Å². The summed E-state index contributed by atoms with van der Waals surface area (Å²) in [6.45, 7) is 1.99. The van der Waals surface area contributed by atoms with E-state index in [2.05, 4.69) is 31.0 Å². The second kappa shape index (κ2) is 4.45. The number of nitrogen functional groups attached to an aromatic ring is 2. The van der Waals surface area contributed by atoms with Gasteiger partial charge in [0, 0.05) is 23.7 Å². The maximum Gasteiger partial charge on any atom is 0.149 e. The Morgan fingerprint density at radius 3 is 2.73 bits per heavy atom. The first-order valence-electron chi connectivity index (χ1n) is 6.94. The molecule has 0 aliphatic carbocycles. The summed E-state index contributed by atoms with van der Waals surface area (Å²) in [6.07, 6.45) is 2.20. The molecule has 0 atom stereocenters. The second-order valence-electron chi connectivity index (χ2n) is 5.37. The monoisotopic (exact) mass is 293 g/mol. The third-order valence-corrected chi connectivity index (χ3v) is 3.66. The predicted octanol–water partition coefficient (Wildman–Crippen LogP) is 1.90. The predicted molar refractivity (Wildman–Crippen MR) is 86.4 cm³/mol. The number of fused-ring (bicyclic) bond motifs is 2. The van der Waals surface area contributed by atoms with Crippen molar-refractivity contribution < 1.29 is 0 Å². The van der Waals surface area contributed by atoms with Crippen LogP contribution >= 0.6 is 0 Å². The summed E-state index contributed by atoms with van der Waals surface area (Å²) in [5.74, 6) is 1.73. The molecule has 7 heteroatoms. The van der Waals surface area contributed by atoms with Gasteiger partial charge in [-0.1, -0.05) is 0 Å². The number of hydrogen-bond acceptors (Lipinski definition) is 5. The van der Waals surface area contributed by atoms with Crippen molar-refractivity contribution >= 4 is 33.6 Å². The minimum Gasteiger partial charge on any atom is -0.382 e. The Labute approximate surface area is 125 Å². The second-order valence-corrected chi connectivity index (χ2v) is 5.37. The summed E-state index contributed by atoms with van der Waals surface area (Å²) < 4.78 is 0. The van der Waals surface area contributed by atoms with Crippen molar-refractivity contribution in [1.82, 2.24) is 24.9 Å². The van der Waals surface area contributed by atoms with Crippen molar-refractivity contribution in [1.29, 1.82) is 0 Å². The first kappa shape index (κ1) is 12.6. The third kappa shape index (κ3) is 1.95. The average Bonchev–Trinajstić information content (AvgIpc) is 3.02. The molecule has 0 saturated carbocycles. The van der Waals surface area contributed by atoms with Crippen LogP contribution in [0.25, 0.3) is 21.9 Å². The lowest BCUT2D eigenvalue weighted by Crippen LogP contribution is -1.99. The van der Waals surface area contributed by atoms with Crippen molar-refractivity contribution in [2.45, 2.75) is 13.3 Å². The molecule has 0 unspecified atom stereocenters. The van der Waals surface area contributed by atoms with Gasteiger partial charge in [-0.05, 0) is 25.1 Å². The molecule has 0 saturated heterocycles. The fraction of sp³-hybridized carbons (Fsp3) is 0.133. The van der Waals surface area contributed by atoms with Crippen LogP contribution in [-0.2, 0) is 6.42 Å². The maximum atomic E-state index is 6.02. The van der Waals surface area contributed by atoms with Gasteiger partial charge in [0.25, 0.3) is 0 Å². The molecule has 110 valence electrons. The van der Waals surface area contributed by atoms with Crippen LogP contribution in [0.2, 0.25) is 0 Å². The minimum absolute atomic E-state index is 0.445. The highest BCUT2D eigenvalue weighted by molar-refractivity contribution is 5.89. The van der Waals surface area contributed by atoms with E-state index in [1.807, 2.05) is 19.1 Å². The number of imidazole rings is 1. The van der Waals surface area contributed by atoms with Gasteiger partial charge in [0.15, 0.2) is 0 Å². The number of pyridine rings is 2. The molecule has 0 amide bonds. The number of aromatic nitrogens is 5. The van der Waals surface area contributed by atoms with Crippen molar-refractivity contribution in [3.05, 3.63) is 41.6 Å². The van der Waals surface area contributed by atoms with Gasteiger partial charge in [0.05, 0.1) is 16.7 Å². The summed E-state index contributed by atoms with van der Waals surface area (Å²) in [4.78, 5) is 19.4.